The van der Waals surface area contributed by atoms with Crippen molar-refractivity contribution < 1.29 is 0 Å². The molecular weight excluding hydrogens is 296 g/mol. The van der Waals surface area contributed by atoms with E-state index in [9.17, 15) is 0 Å². The van der Waals surface area contributed by atoms with Crippen LogP contribution in [0, 0.1) is 0 Å². The molecule has 2 rings (SSSR count). The fourth-order valence-corrected chi connectivity index (χ4v) is 3.28. The van der Waals surface area contributed by atoms with Gasteiger partial charge in [0, 0.05) is 29.9 Å². The molecule has 0 amide bonds. The van der Waals surface area contributed by atoms with Gasteiger partial charge in [-0.3, -0.25) is 4.90 Å². The van der Waals surface area contributed by atoms with E-state index in [2.05, 4.69) is 48.4 Å². The van der Waals surface area contributed by atoms with Crippen molar-refractivity contribution in [2.45, 2.75) is 32.4 Å². The highest BCUT2D eigenvalue weighted by atomic mass is 32.1. The Morgan fingerprint density at radius 1 is 1.19 bits per heavy atom. The van der Waals surface area contributed by atoms with Crippen molar-refractivity contribution in [1.29, 1.82) is 0 Å². The molecule has 0 spiro atoms. The zero-order valence-electron chi connectivity index (χ0n) is 12.5. The smallest absolute Gasteiger partial charge is 0.0816 e. The van der Waals surface area contributed by atoms with Crippen LogP contribution in [0.3, 0.4) is 0 Å². The molecule has 0 aliphatic carbocycles. The van der Waals surface area contributed by atoms with Crippen molar-refractivity contribution in [3.8, 4) is 0 Å². The molecule has 0 saturated carbocycles. The van der Waals surface area contributed by atoms with E-state index in [0.717, 1.165) is 13.1 Å². The first-order chi connectivity index (χ1) is 10.1. The minimum Gasteiger partial charge on any atom is -0.393 e. The topological polar surface area (TPSA) is 29.3 Å². The van der Waals surface area contributed by atoms with Crippen molar-refractivity contribution in [1.82, 2.24) is 4.90 Å². The van der Waals surface area contributed by atoms with Crippen LogP contribution >= 0.6 is 23.6 Å². The zero-order chi connectivity index (χ0) is 15.2. The van der Waals surface area contributed by atoms with Crippen LogP contribution in [0.4, 0.5) is 0 Å². The predicted octanol–water partition coefficient (Wildman–Crippen LogP) is 4.03. The molecule has 112 valence electrons. The zero-order valence-corrected chi connectivity index (χ0v) is 14.2. The fraction of sp³-hybridized carbons (Fsp3) is 0.353. The Hall–Kier alpha value is -1.23. The van der Waals surface area contributed by atoms with Crippen LogP contribution in [-0.2, 0) is 6.54 Å². The standard InChI is InChI=1S/C17H22N2S2/c1-13(2)19(11-15-9-6-10-21-15)12-16(17(18)20)14-7-4-3-5-8-14/h3-10,13,16H,11-12H2,1-2H3,(H2,18,20). The summed E-state index contributed by atoms with van der Waals surface area (Å²) in [5.74, 6) is 0.101. The van der Waals surface area contributed by atoms with E-state index in [4.69, 9.17) is 18.0 Å². The summed E-state index contributed by atoms with van der Waals surface area (Å²) in [6.07, 6.45) is 0. The van der Waals surface area contributed by atoms with E-state index in [1.165, 1.54) is 10.4 Å². The lowest BCUT2D eigenvalue weighted by molar-refractivity contribution is 0.212. The summed E-state index contributed by atoms with van der Waals surface area (Å²) < 4.78 is 0. The molecule has 1 aromatic carbocycles. The number of hydrogen-bond acceptors (Lipinski definition) is 3. The van der Waals surface area contributed by atoms with Gasteiger partial charge in [0.15, 0.2) is 0 Å². The van der Waals surface area contributed by atoms with Gasteiger partial charge >= 0.3 is 0 Å². The Bertz CT molecular complexity index is 549. The molecule has 2 aromatic rings. The monoisotopic (exact) mass is 318 g/mol. The third-order valence-corrected chi connectivity index (χ3v) is 4.78. The molecule has 0 bridgehead atoms. The van der Waals surface area contributed by atoms with Crippen molar-refractivity contribution in [2.24, 2.45) is 5.73 Å². The van der Waals surface area contributed by atoms with Crippen LogP contribution in [0.25, 0.3) is 0 Å². The lowest BCUT2D eigenvalue weighted by Crippen LogP contribution is -2.37. The van der Waals surface area contributed by atoms with E-state index in [0.29, 0.717) is 11.0 Å². The fourth-order valence-electron chi connectivity index (χ4n) is 2.34. The van der Waals surface area contributed by atoms with Crippen LogP contribution in [0.1, 0.15) is 30.2 Å². The Kier molecular flexibility index (Phi) is 5.91. The van der Waals surface area contributed by atoms with E-state index in [-0.39, 0.29) is 5.92 Å². The Balaban J connectivity index is 2.14. The van der Waals surface area contributed by atoms with Crippen LogP contribution in [-0.4, -0.2) is 22.5 Å². The minimum absolute atomic E-state index is 0.101. The summed E-state index contributed by atoms with van der Waals surface area (Å²) in [6.45, 7) is 6.24. The number of hydrogen-bond donors (Lipinski definition) is 1. The Morgan fingerprint density at radius 3 is 2.43 bits per heavy atom. The summed E-state index contributed by atoms with van der Waals surface area (Å²) in [6, 6.07) is 15.0. The van der Waals surface area contributed by atoms with Crippen LogP contribution < -0.4 is 5.73 Å². The SMILES string of the molecule is CC(C)N(Cc1cccs1)CC(C(N)=S)c1ccccc1. The number of benzene rings is 1. The lowest BCUT2D eigenvalue weighted by atomic mass is 9.98. The third kappa shape index (κ3) is 4.63. The second-order valence-corrected chi connectivity index (χ2v) is 6.97. The normalized spacial score (nSPS) is 12.8. The molecule has 1 aromatic heterocycles. The van der Waals surface area contributed by atoms with Crippen LogP contribution in [0.15, 0.2) is 47.8 Å². The number of nitrogens with zero attached hydrogens (tertiary/aromatic N) is 1. The average molecular weight is 319 g/mol. The number of rotatable bonds is 7. The Morgan fingerprint density at radius 2 is 1.90 bits per heavy atom. The maximum absolute atomic E-state index is 6.00. The molecule has 0 saturated heterocycles. The van der Waals surface area contributed by atoms with E-state index >= 15 is 0 Å². The molecule has 0 fully saturated rings. The maximum atomic E-state index is 6.00. The second-order valence-electron chi connectivity index (χ2n) is 5.47. The number of nitrogens with two attached hydrogens (primary N) is 1. The molecule has 1 atom stereocenters. The van der Waals surface area contributed by atoms with Crippen molar-refractivity contribution >= 4 is 28.5 Å². The highest BCUT2D eigenvalue weighted by molar-refractivity contribution is 7.80. The van der Waals surface area contributed by atoms with Gasteiger partial charge in [-0.15, -0.1) is 11.3 Å². The molecule has 4 heteroatoms. The van der Waals surface area contributed by atoms with Gasteiger partial charge in [-0.25, -0.2) is 0 Å². The highest BCUT2D eigenvalue weighted by Crippen LogP contribution is 2.21. The van der Waals surface area contributed by atoms with Crippen LogP contribution in [0.2, 0.25) is 0 Å². The average Bonchev–Trinajstić information content (AvgIpc) is 2.96. The first kappa shape index (κ1) is 16.1. The molecule has 1 unspecified atom stereocenters. The molecule has 1 heterocycles. The van der Waals surface area contributed by atoms with E-state index in [1.54, 1.807) is 11.3 Å². The highest BCUT2D eigenvalue weighted by Gasteiger charge is 2.20. The largest absolute Gasteiger partial charge is 0.393 e. The van der Waals surface area contributed by atoms with E-state index < -0.39 is 0 Å². The quantitative estimate of drug-likeness (QED) is 0.782. The van der Waals surface area contributed by atoms with Gasteiger partial charge < -0.3 is 5.73 Å². The number of thiophene rings is 1. The summed E-state index contributed by atoms with van der Waals surface area (Å²) in [7, 11) is 0. The van der Waals surface area contributed by atoms with E-state index in [1.807, 2.05) is 18.2 Å². The van der Waals surface area contributed by atoms with Crippen LogP contribution in [0.5, 0.6) is 0 Å². The van der Waals surface area contributed by atoms with Gasteiger partial charge in [0.05, 0.1) is 4.99 Å². The summed E-state index contributed by atoms with van der Waals surface area (Å²) in [4.78, 5) is 4.37. The minimum atomic E-state index is 0.101. The first-order valence-electron chi connectivity index (χ1n) is 7.18. The van der Waals surface area contributed by atoms with Crippen molar-refractivity contribution in [2.75, 3.05) is 6.54 Å². The van der Waals surface area contributed by atoms with Crippen molar-refractivity contribution in [3.05, 3.63) is 58.3 Å². The van der Waals surface area contributed by atoms with Gasteiger partial charge in [0.25, 0.3) is 0 Å². The summed E-state index contributed by atoms with van der Waals surface area (Å²) in [5.41, 5.74) is 7.19. The first-order valence-corrected chi connectivity index (χ1v) is 8.47. The molecule has 0 radical (unpaired) electrons. The van der Waals surface area contributed by atoms with Gasteiger partial charge in [-0.05, 0) is 30.9 Å². The summed E-state index contributed by atoms with van der Waals surface area (Å²) >= 11 is 7.10. The maximum Gasteiger partial charge on any atom is 0.0816 e. The molecule has 2 N–H and O–H groups in total. The molecule has 21 heavy (non-hydrogen) atoms. The van der Waals surface area contributed by atoms with Crippen molar-refractivity contribution in [3.63, 3.8) is 0 Å². The Labute approximate surface area is 136 Å². The van der Waals surface area contributed by atoms with Gasteiger partial charge in [-0.2, -0.15) is 0 Å². The molecule has 2 nitrogen and oxygen atoms in total. The molecular formula is C17H22N2S2. The van der Waals surface area contributed by atoms with Gasteiger partial charge in [-0.1, -0.05) is 48.6 Å². The third-order valence-electron chi connectivity index (χ3n) is 3.63. The molecule has 0 aliphatic heterocycles. The lowest BCUT2D eigenvalue weighted by Gasteiger charge is -2.30. The molecule has 0 aliphatic rings. The summed E-state index contributed by atoms with van der Waals surface area (Å²) in [5, 5.41) is 2.12. The number of thiocarbonyl (C=S) groups is 1. The van der Waals surface area contributed by atoms with Gasteiger partial charge in [0.2, 0.25) is 0 Å². The predicted molar refractivity (Wildman–Crippen MR) is 95.8 cm³/mol. The van der Waals surface area contributed by atoms with Gasteiger partial charge in [0.1, 0.15) is 0 Å². The second kappa shape index (κ2) is 7.69.